The smallest absolute Gasteiger partial charge is 0.116 e. The summed E-state index contributed by atoms with van der Waals surface area (Å²) in [6, 6.07) is 8.19. The summed E-state index contributed by atoms with van der Waals surface area (Å²) < 4.78 is 0. The van der Waals surface area contributed by atoms with Crippen molar-refractivity contribution in [1.82, 2.24) is 0 Å². The van der Waals surface area contributed by atoms with Crippen LogP contribution in [0.15, 0.2) is 24.3 Å². The summed E-state index contributed by atoms with van der Waals surface area (Å²) in [7, 11) is 0. The van der Waals surface area contributed by atoms with Gasteiger partial charge < -0.3 is 16.4 Å². The molecule has 1 aromatic carbocycles. The molecule has 0 fully saturated rings. The molecule has 0 spiro atoms. The van der Waals surface area contributed by atoms with Crippen LogP contribution in [0.1, 0.15) is 32.8 Å². The van der Waals surface area contributed by atoms with Crippen molar-refractivity contribution in [3.63, 3.8) is 0 Å². The van der Waals surface area contributed by atoms with Crippen LogP contribution < -0.4 is 16.4 Å². The molecule has 1 aromatic rings. The Balaban J connectivity index is 2.65. The molecule has 0 aromatic heterocycles. The van der Waals surface area contributed by atoms with Gasteiger partial charge in [-0.2, -0.15) is 0 Å². The van der Waals surface area contributed by atoms with Crippen molar-refractivity contribution in [2.24, 2.45) is 11.5 Å². The molecule has 0 aliphatic carbocycles. The standard InChI is InChI=1S/C13H21N3/c1-4-12(3)13(14,15)10-8-6-7-9-11(10)16(12)5-2/h6-9H,4-5,14-15H2,1-3H3. The summed E-state index contributed by atoms with van der Waals surface area (Å²) in [5, 5.41) is 0. The average Bonchev–Trinajstić information content (AvgIpc) is 2.46. The van der Waals surface area contributed by atoms with E-state index in [1.165, 1.54) is 5.69 Å². The quantitative estimate of drug-likeness (QED) is 0.745. The first-order chi connectivity index (χ1) is 7.49. The maximum atomic E-state index is 6.38. The van der Waals surface area contributed by atoms with Gasteiger partial charge >= 0.3 is 0 Å². The van der Waals surface area contributed by atoms with E-state index in [-0.39, 0.29) is 5.54 Å². The molecule has 1 unspecified atom stereocenters. The first kappa shape index (κ1) is 11.4. The third kappa shape index (κ3) is 1.16. The Morgan fingerprint density at radius 3 is 2.38 bits per heavy atom. The average molecular weight is 219 g/mol. The third-order valence-corrected chi connectivity index (χ3v) is 4.13. The molecule has 0 saturated heterocycles. The molecule has 0 radical (unpaired) electrons. The molecule has 1 aliphatic heterocycles. The molecule has 4 N–H and O–H groups in total. The van der Waals surface area contributed by atoms with Gasteiger partial charge in [0.15, 0.2) is 0 Å². The lowest BCUT2D eigenvalue weighted by Crippen LogP contribution is -2.65. The number of likely N-dealkylation sites (N-methyl/N-ethyl adjacent to an activating group) is 1. The third-order valence-electron chi connectivity index (χ3n) is 4.13. The van der Waals surface area contributed by atoms with Crippen molar-refractivity contribution >= 4 is 5.69 Å². The largest absolute Gasteiger partial charge is 0.363 e. The minimum Gasteiger partial charge on any atom is -0.363 e. The van der Waals surface area contributed by atoms with Crippen LogP contribution in [0, 0.1) is 0 Å². The Hall–Kier alpha value is -1.06. The van der Waals surface area contributed by atoms with Crippen LogP contribution in [0.5, 0.6) is 0 Å². The van der Waals surface area contributed by atoms with E-state index in [1.54, 1.807) is 0 Å². The van der Waals surface area contributed by atoms with E-state index >= 15 is 0 Å². The highest BCUT2D eigenvalue weighted by Crippen LogP contribution is 2.47. The molecule has 2 rings (SSSR count). The van der Waals surface area contributed by atoms with Gasteiger partial charge in [-0.25, -0.2) is 0 Å². The Morgan fingerprint density at radius 2 is 1.81 bits per heavy atom. The predicted octanol–water partition coefficient (Wildman–Crippen LogP) is 1.77. The van der Waals surface area contributed by atoms with Crippen molar-refractivity contribution in [3.8, 4) is 0 Å². The van der Waals surface area contributed by atoms with E-state index in [1.807, 2.05) is 18.2 Å². The van der Waals surface area contributed by atoms with Gasteiger partial charge in [-0.3, -0.25) is 0 Å². The maximum absolute atomic E-state index is 6.38. The number of nitrogens with two attached hydrogens (primary N) is 2. The molecule has 0 saturated carbocycles. The Morgan fingerprint density at radius 1 is 1.19 bits per heavy atom. The van der Waals surface area contributed by atoms with Crippen molar-refractivity contribution in [1.29, 1.82) is 0 Å². The van der Waals surface area contributed by atoms with Gasteiger partial charge in [-0.1, -0.05) is 25.1 Å². The van der Waals surface area contributed by atoms with Gasteiger partial charge in [0.2, 0.25) is 0 Å². The van der Waals surface area contributed by atoms with Gasteiger partial charge in [0.1, 0.15) is 5.66 Å². The van der Waals surface area contributed by atoms with Crippen molar-refractivity contribution in [2.75, 3.05) is 11.4 Å². The summed E-state index contributed by atoms with van der Waals surface area (Å²) in [4.78, 5) is 2.32. The second-order valence-corrected chi connectivity index (χ2v) is 4.76. The van der Waals surface area contributed by atoms with E-state index in [0.29, 0.717) is 0 Å². The zero-order valence-electron chi connectivity index (χ0n) is 10.3. The summed E-state index contributed by atoms with van der Waals surface area (Å²) in [5.74, 6) is 0. The van der Waals surface area contributed by atoms with Gasteiger partial charge in [-0.15, -0.1) is 0 Å². The number of fused-ring (bicyclic) bond motifs is 1. The second kappa shape index (κ2) is 3.47. The van der Waals surface area contributed by atoms with Crippen molar-refractivity contribution < 1.29 is 0 Å². The van der Waals surface area contributed by atoms with Gasteiger partial charge in [-0.05, 0) is 26.3 Å². The lowest BCUT2D eigenvalue weighted by molar-refractivity contribution is 0.249. The lowest BCUT2D eigenvalue weighted by atomic mass is 9.82. The van der Waals surface area contributed by atoms with Crippen LogP contribution in [-0.2, 0) is 5.66 Å². The summed E-state index contributed by atoms with van der Waals surface area (Å²) in [5.41, 5.74) is 14.0. The van der Waals surface area contributed by atoms with E-state index in [2.05, 4.69) is 31.7 Å². The Labute approximate surface area is 97.4 Å². The monoisotopic (exact) mass is 219 g/mol. The minimum absolute atomic E-state index is 0.203. The molecule has 1 aliphatic rings. The van der Waals surface area contributed by atoms with Crippen LogP contribution >= 0.6 is 0 Å². The highest BCUT2D eigenvalue weighted by Gasteiger charge is 2.53. The molecular weight excluding hydrogens is 198 g/mol. The highest BCUT2D eigenvalue weighted by molar-refractivity contribution is 5.65. The van der Waals surface area contributed by atoms with E-state index in [9.17, 15) is 0 Å². The lowest BCUT2D eigenvalue weighted by Gasteiger charge is -2.43. The van der Waals surface area contributed by atoms with Gasteiger partial charge in [0.05, 0.1) is 5.54 Å². The molecule has 3 heteroatoms. The zero-order chi connectivity index (χ0) is 12.0. The topological polar surface area (TPSA) is 55.3 Å². The molecule has 16 heavy (non-hydrogen) atoms. The van der Waals surface area contributed by atoms with Gasteiger partial charge in [0, 0.05) is 17.8 Å². The van der Waals surface area contributed by atoms with E-state index < -0.39 is 5.66 Å². The van der Waals surface area contributed by atoms with Crippen molar-refractivity contribution in [2.45, 2.75) is 38.4 Å². The fourth-order valence-corrected chi connectivity index (χ4v) is 2.84. The van der Waals surface area contributed by atoms with E-state index in [0.717, 1.165) is 18.5 Å². The molecule has 88 valence electrons. The summed E-state index contributed by atoms with van der Waals surface area (Å²) in [6.45, 7) is 7.36. The van der Waals surface area contributed by atoms with Crippen LogP contribution in [-0.4, -0.2) is 12.1 Å². The Bertz CT molecular complexity index is 400. The minimum atomic E-state index is -0.769. The van der Waals surface area contributed by atoms with Crippen LogP contribution in [0.3, 0.4) is 0 Å². The van der Waals surface area contributed by atoms with Crippen LogP contribution in [0.2, 0.25) is 0 Å². The molecule has 0 bridgehead atoms. The number of nitrogens with zero attached hydrogens (tertiary/aromatic N) is 1. The van der Waals surface area contributed by atoms with Crippen LogP contribution in [0.4, 0.5) is 5.69 Å². The molecule has 1 heterocycles. The number of hydrogen-bond donors (Lipinski definition) is 2. The highest BCUT2D eigenvalue weighted by atomic mass is 15.3. The zero-order valence-corrected chi connectivity index (χ0v) is 10.3. The SMILES string of the molecule is CCN1c2ccccc2C(N)(N)C1(C)CC. The molecular formula is C13H21N3. The van der Waals surface area contributed by atoms with Gasteiger partial charge in [0.25, 0.3) is 0 Å². The fraction of sp³-hybridized carbons (Fsp3) is 0.538. The fourth-order valence-electron chi connectivity index (χ4n) is 2.84. The predicted molar refractivity (Wildman–Crippen MR) is 68.2 cm³/mol. The first-order valence-electron chi connectivity index (χ1n) is 5.94. The van der Waals surface area contributed by atoms with E-state index in [4.69, 9.17) is 11.5 Å². The first-order valence-corrected chi connectivity index (χ1v) is 5.94. The summed E-state index contributed by atoms with van der Waals surface area (Å²) in [6.07, 6.45) is 0.933. The summed E-state index contributed by atoms with van der Waals surface area (Å²) >= 11 is 0. The maximum Gasteiger partial charge on any atom is 0.116 e. The molecule has 0 amide bonds. The van der Waals surface area contributed by atoms with Crippen molar-refractivity contribution in [3.05, 3.63) is 29.8 Å². The molecule has 1 atom stereocenters. The number of hydrogen-bond acceptors (Lipinski definition) is 3. The second-order valence-electron chi connectivity index (χ2n) is 4.76. The Kier molecular flexibility index (Phi) is 2.48. The molecule has 3 nitrogen and oxygen atoms in total. The number of rotatable bonds is 2. The number of benzene rings is 1. The number of para-hydroxylation sites is 1. The number of anilines is 1. The van der Waals surface area contributed by atoms with Crippen LogP contribution in [0.25, 0.3) is 0 Å². The normalized spacial score (nSPS) is 26.9.